The summed E-state index contributed by atoms with van der Waals surface area (Å²) in [5.74, 6) is 2.23. The van der Waals surface area contributed by atoms with E-state index in [0.717, 1.165) is 36.1 Å². The molecule has 7 nitrogen and oxygen atoms in total. The Labute approximate surface area is 193 Å². The lowest BCUT2D eigenvalue weighted by molar-refractivity contribution is 0.136. The van der Waals surface area contributed by atoms with E-state index in [-0.39, 0.29) is 24.0 Å². The van der Waals surface area contributed by atoms with E-state index in [4.69, 9.17) is 9.47 Å². The summed E-state index contributed by atoms with van der Waals surface area (Å²) < 4.78 is 11.0. The van der Waals surface area contributed by atoms with Crippen molar-refractivity contribution >= 4 is 35.6 Å². The smallest absolute Gasteiger partial charge is 0.195 e. The van der Waals surface area contributed by atoms with Crippen molar-refractivity contribution in [3.05, 3.63) is 18.2 Å². The second-order valence-corrected chi connectivity index (χ2v) is 6.91. The van der Waals surface area contributed by atoms with E-state index in [9.17, 15) is 0 Å². The molecule has 1 aromatic rings. The molecule has 1 fully saturated rings. The van der Waals surface area contributed by atoms with Gasteiger partial charge in [-0.3, -0.25) is 4.99 Å². The number of rotatable bonds is 10. The zero-order valence-electron chi connectivity index (χ0n) is 18.4. The Morgan fingerprint density at radius 1 is 1.07 bits per heavy atom. The van der Waals surface area contributed by atoms with Gasteiger partial charge in [0.15, 0.2) is 17.5 Å². The minimum atomic E-state index is 0. The zero-order valence-corrected chi connectivity index (χ0v) is 20.7. The Morgan fingerprint density at radius 3 is 2.41 bits per heavy atom. The van der Waals surface area contributed by atoms with Gasteiger partial charge >= 0.3 is 0 Å². The number of unbranched alkanes of at least 4 members (excludes halogenated alkanes) is 1. The van der Waals surface area contributed by atoms with Crippen LogP contribution in [0.4, 0.5) is 5.69 Å². The number of likely N-dealkylation sites (N-methyl/N-ethyl adjacent to an activating group) is 1. The molecule has 1 aromatic carbocycles. The average molecular weight is 519 g/mol. The van der Waals surface area contributed by atoms with Crippen molar-refractivity contribution in [2.75, 3.05) is 71.9 Å². The largest absolute Gasteiger partial charge is 0.493 e. The lowest BCUT2D eigenvalue weighted by Crippen LogP contribution is -2.46. The van der Waals surface area contributed by atoms with Crippen molar-refractivity contribution in [2.45, 2.75) is 26.7 Å². The first-order valence-corrected chi connectivity index (χ1v) is 10.4. The summed E-state index contributed by atoms with van der Waals surface area (Å²) in [4.78, 5) is 9.41. The Balaban J connectivity index is 0.00000420. The van der Waals surface area contributed by atoms with E-state index < -0.39 is 0 Å². The van der Waals surface area contributed by atoms with E-state index in [1.54, 1.807) is 14.2 Å². The van der Waals surface area contributed by atoms with Gasteiger partial charge in [0.25, 0.3) is 0 Å². The maximum Gasteiger partial charge on any atom is 0.195 e. The maximum atomic E-state index is 5.64. The number of methoxy groups -OCH3 is 1. The van der Waals surface area contributed by atoms with Crippen molar-refractivity contribution in [2.24, 2.45) is 4.99 Å². The number of hydrogen-bond donors (Lipinski definition) is 2. The fourth-order valence-corrected chi connectivity index (χ4v) is 3.33. The topological polar surface area (TPSA) is 61.4 Å². The fraction of sp³-hybridized carbons (Fsp3) is 0.667. The van der Waals surface area contributed by atoms with Crippen molar-refractivity contribution < 1.29 is 9.47 Å². The van der Waals surface area contributed by atoms with Crippen LogP contribution in [-0.2, 0) is 0 Å². The molecule has 2 rings (SSSR count). The monoisotopic (exact) mass is 519 g/mol. The molecule has 0 aromatic heterocycles. The van der Waals surface area contributed by atoms with Gasteiger partial charge in [-0.25, -0.2) is 0 Å². The van der Waals surface area contributed by atoms with Gasteiger partial charge in [-0.2, -0.15) is 0 Å². The Kier molecular flexibility index (Phi) is 13.0. The second-order valence-electron chi connectivity index (χ2n) is 6.91. The number of hydrogen-bond acceptors (Lipinski definition) is 5. The van der Waals surface area contributed by atoms with E-state index >= 15 is 0 Å². The van der Waals surface area contributed by atoms with Gasteiger partial charge in [0.2, 0.25) is 0 Å². The predicted molar refractivity (Wildman–Crippen MR) is 132 cm³/mol. The van der Waals surface area contributed by atoms with Crippen LogP contribution in [0, 0.1) is 0 Å². The lowest BCUT2D eigenvalue weighted by Gasteiger charge is -2.34. The number of anilines is 1. The number of nitrogens with one attached hydrogen (secondary N) is 2. The number of benzene rings is 1. The molecule has 0 aliphatic carbocycles. The molecule has 0 amide bonds. The molecule has 0 radical (unpaired) electrons. The van der Waals surface area contributed by atoms with Gasteiger partial charge in [0.1, 0.15) is 0 Å². The van der Waals surface area contributed by atoms with Gasteiger partial charge in [0.05, 0.1) is 13.7 Å². The Hall–Kier alpha value is -1.26. The van der Waals surface area contributed by atoms with Gasteiger partial charge in [-0.1, -0.05) is 6.92 Å². The highest BCUT2D eigenvalue weighted by Crippen LogP contribution is 2.30. The zero-order chi connectivity index (χ0) is 20.2. The third-order valence-electron chi connectivity index (χ3n) is 5.06. The minimum Gasteiger partial charge on any atom is -0.493 e. The molecule has 0 atom stereocenters. The summed E-state index contributed by atoms with van der Waals surface area (Å²) in [6.07, 6.45) is 2.33. The van der Waals surface area contributed by atoms with Crippen molar-refractivity contribution in [1.82, 2.24) is 15.1 Å². The first kappa shape index (κ1) is 25.8. The number of ether oxygens (including phenoxy) is 2. The van der Waals surface area contributed by atoms with Crippen LogP contribution in [0.25, 0.3) is 0 Å². The van der Waals surface area contributed by atoms with Gasteiger partial charge in [0, 0.05) is 51.5 Å². The number of piperazine rings is 1. The first-order valence-electron chi connectivity index (χ1n) is 10.4. The number of nitrogens with zero attached hydrogens (tertiary/aromatic N) is 3. The van der Waals surface area contributed by atoms with Crippen molar-refractivity contribution in [3.8, 4) is 11.5 Å². The molecule has 0 spiro atoms. The Morgan fingerprint density at radius 2 is 1.79 bits per heavy atom. The quantitative estimate of drug-likeness (QED) is 0.215. The average Bonchev–Trinajstić information content (AvgIpc) is 2.73. The van der Waals surface area contributed by atoms with Crippen LogP contribution in [0.5, 0.6) is 11.5 Å². The molecule has 1 saturated heterocycles. The first-order chi connectivity index (χ1) is 13.7. The van der Waals surface area contributed by atoms with Gasteiger partial charge in [-0.05, 0) is 45.0 Å². The molecule has 1 aliphatic heterocycles. The second kappa shape index (κ2) is 14.7. The fourth-order valence-electron chi connectivity index (χ4n) is 3.33. The molecule has 0 unspecified atom stereocenters. The predicted octanol–water partition coefficient (Wildman–Crippen LogP) is 3.12. The van der Waals surface area contributed by atoms with Crippen LogP contribution in [0.15, 0.2) is 23.2 Å². The van der Waals surface area contributed by atoms with Crippen molar-refractivity contribution in [3.63, 3.8) is 0 Å². The summed E-state index contributed by atoms with van der Waals surface area (Å²) in [5.41, 5.74) is 0.922. The van der Waals surface area contributed by atoms with Crippen LogP contribution in [0.1, 0.15) is 26.7 Å². The molecule has 166 valence electrons. The van der Waals surface area contributed by atoms with Gasteiger partial charge in [-0.15, -0.1) is 24.0 Å². The summed E-state index contributed by atoms with van der Waals surface area (Å²) in [7, 11) is 3.44. The summed E-state index contributed by atoms with van der Waals surface area (Å²) in [5, 5.41) is 6.71. The molecule has 8 heteroatoms. The van der Waals surface area contributed by atoms with Crippen molar-refractivity contribution in [1.29, 1.82) is 0 Å². The third kappa shape index (κ3) is 8.96. The Bertz CT molecular complexity index is 607. The molecule has 1 heterocycles. The van der Waals surface area contributed by atoms with Crippen LogP contribution >= 0.6 is 24.0 Å². The maximum absolute atomic E-state index is 5.64. The summed E-state index contributed by atoms with van der Waals surface area (Å²) in [6, 6.07) is 5.80. The minimum absolute atomic E-state index is 0. The number of guanidine groups is 1. The third-order valence-corrected chi connectivity index (χ3v) is 5.06. The molecular weight excluding hydrogens is 481 g/mol. The molecule has 29 heavy (non-hydrogen) atoms. The highest BCUT2D eigenvalue weighted by atomic mass is 127. The van der Waals surface area contributed by atoms with E-state index in [0.29, 0.717) is 6.61 Å². The standard InChI is InChI=1S/C21H37N5O2.HI/c1-5-25-13-15-26(16-14-25)12-8-7-11-23-21(22-3)24-18-9-10-19(27-4)20(17-18)28-6-2;/h9-10,17H,5-8,11-16H2,1-4H3,(H2,22,23,24);1H. The number of halogens is 1. The van der Waals surface area contributed by atoms with Crippen LogP contribution in [-0.4, -0.2) is 82.3 Å². The SMILES string of the molecule is CCOc1cc(NC(=NC)NCCCCN2CCN(CC)CC2)ccc1OC.I. The molecule has 0 bridgehead atoms. The van der Waals surface area contributed by atoms with Crippen LogP contribution in [0.3, 0.4) is 0 Å². The lowest BCUT2D eigenvalue weighted by atomic mass is 10.2. The summed E-state index contributed by atoms with van der Waals surface area (Å²) >= 11 is 0. The highest BCUT2D eigenvalue weighted by Gasteiger charge is 2.14. The number of aliphatic imine (C=N–C) groups is 1. The van der Waals surface area contributed by atoms with E-state index in [2.05, 4.69) is 32.3 Å². The molecule has 1 aliphatic rings. The molecule has 2 N–H and O–H groups in total. The van der Waals surface area contributed by atoms with E-state index in [1.165, 1.54) is 45.7 Å². The molecule has 0 saturated carbocycles. The normalized spacial score (nSPS) is 15.5. The summed E-state index contributed by atoms with van der Waals surface area (Å²) in [6.45, 7) is 12.9. The molecular formula is C21H38IN5O2. The van der Waals surface area contributed by atoms with Gasteiger partial charge < -0.3 is 29.9 Å². The van der Waals surface area contributed by atoms with E-state index in [1.807, 2.05) is 25.1 Å². The van der Waals surface area contributed by atoms with Crippen LogP contribution in [0.2, 0.25) is 0 Å². The van der Waals surface area contributed by atoms with Crippen LogP contribution < -0.4 is 20.1 Å². The highest BCUT2D eigenvalue weighted by molar-refractivity contribution is 14.0.